The van der Waals surface area contributed by atoms with Gasteiger partial charge in [0.15, 0.2) is 0 Å². The zero-order chi connectivity index (χ0) is 23.5. The first-order chi connectivity index (χ1) is 16.5. The van der Waals surface area contributed by atoms with E-state index >= 15 is 0 Å². The maximum absolute atomic E-state index is 11.5. The van der Waals surface area contributed by atoms with Gasteiger partial charge in [0.1, 0.15) is 30.3 Å². The van der Waals surface area contributed by atoms with E-state index in [9.17, 15) is 14.4 Å². The van der Waals surface area contributed by atoms with Crippen LogP contribution in [0.5, 0.6) is 11.5 Å². The van der Waals surface area contributed by atoms with Crippen LogP contribution in [0.3, 0.4) is 0 Å². The molecule has 7 heteroatoms. The van der Waals surface area contributed by atoms with Gasteiger partial charge >= 0.3 is 16.9 Å². The van der Waals surface area contributed by atoms with E-state index in [4.69, 9.17) is 18.0 Å². The normalized spacial score (nSPS) is 10.7. The Morgan fingerprint density at radius 1 is 0.471 bits per heavy atom. The fourth-order valence-electron chi connectivity index (χ4n) is 3.42. The largest absolute Gasteiger partial charge is 0.457 e. The molecule has 0 saturated heterocycles. The minimum absolute atomic E-state index is 0.408. The summed E-state index contributed by atoms with van der Waals surface area (Å²) in [4.78, 5) is 33.9. The molecule has 5 rings (SSSR count). The Morgan fingerprint density at radius 3 is 1.47 bits per heavy atom. The van der Waals surface area contributed by atoms with Crippen molar-refractivity contribution in [1.29, 1.82) is 0 Å². The second kappa shape index (κ2) is 8.91. The van der Waals surface area contributed by atoms with Crippen LogP contribution in [0.25, 0.3) is 33.4 Å². The second-order valence-electron chi connectivity index (χ2n) is 7.37. The Bertz CT molecular complexity index is 1580. The average Bonchev–Trinajstić information content (AvgIpc) is 2.86. The van der Waals surface area contributed by atoms with Crippen LogP contribution < -0.4 is 21.6 Å². The average molecular weight is 452 g/mol. The third kappa shape index (κ3) is 4.49. The van der Waals surface area contributed by atoms with E-state index in [1.165, 1.54) is 37.0 Å². The third-order valence-electron chi connectivity index (χ3n) is 5.14. The van der Waals surface area contributed by atoms with Gasteiger partial charge in [-0.3, -0.25) is 0 Å². The van der Waals surface area contributed by atoms with Gasteiger partial charge in [-0.2, -0.15) is 0 Å². The van der Waals surface area contributed by atoms with Crippen LogP contribution in [0.4, 0.5) is 0 Å². The molecule has 0 fully saturated rings. The zero-order valence-electron chi connectivity index (χ0n) is 17.6. The number of benzene rings is 2. The molecule has 7 nitrogen and oxygen atoms in total. The van der Waals surface area contributed by atoms with Crippen LogP contribution in [-0.2, 0) is 0 Å². The molecule has 0 atom stereocenters. The first-order valence-corrected chi connectivity index (χ1v) is 10.2. The minimum atomic E-state index is -0.459. The molecule has 0 amide bonds. The lowest BCUT2D eigenvalue weighted by Crippen LogP contribution is -1.96. The highest BCUT2D eigenvalue weighted by atomic mass is 16.5. The van der Waals surface area contributed by atoms with Gasteiger partial charge in [0.2, 0.25) is 0 Å². The van der Waals surface area contributed by atoms with Crippen molar-refractivity contribution >= 4 is 0 Å². The minimum Gasteiger partial charge on any atom is -0.457 e. The lowest BCUT2D eigenvalue weighted by Gasteiger charge is -2.13. The molecule has 0 bridgehead atoms. The van der Waals surface area contributed by atoms with Crippen molar-refractivity contribution in [3.8, 4) is 44.9 Å². The van der Waals surface area contributed by atoms with Crippen molar-refractivity contribution in [2.75, 3.05) is 0 Å². The Kier molecular flexibility index (Phi) is 5.50. The summed E-state index contributed by atoms with van der Waals surface area (Å²) >= 11 is 0. The molecule has 2 aromatic carbocycles. The quantitative estimate of drug-likeness (QED) is 0.355. The van der Waals surface area contributed by atoms with Crippen LogP contribution >= 0.6 is 0 Å². The van der Waals surface area contributed by atoms with Crippen molar-refractivity contribution in [2.45, 2.75) is 0 Å². The Labute approximate surface area is 192 Å². The molecule has 3 heterocycles. The SMILES string of the molecule is O=c1ccc(-c2ccc(Oc3ccc(-c4ccc(=O)oc4)cc3-c3ccc(=O)oc3)cc2)co1. The van der Waals surface area contributed by atoms with E-state index in [1.807, 2.05) is 24.3 Å². The Hall–Kier alpha value is -4.91. The third-order valence-corrected chi connectivity index (χ3v) is 5.14. The summed E-state index contributed by atoms with van der Waals surface area (Å²) < 4.78 is 21.1. The highest BCUT2D eigenvalue weighted by molar-refractivity contribution is 5.77. The highest BCUT2D eigenvalue weighted by Gasteiger charge is 2.12. The highest BCUT2D eigenvalue weighted by Crippen LogP contribution is 2.37. The summed E-state index contributed by atoms with van der Waals surface area (Å²) in [7, 11) is 0. The van der Waals surface area contributed by atoms with Gasteiger partial charge in [0.05, 0.1) is 0 Å². The first kappa shape index (κ1) is 21.0. The predicted molar refractivity (Wildman–Crippen MR) is 125 cm³/mol. The van der Waals surface area contributed by atoms with Crippen LogP contribution in [-0.4, -0.2) is 0 Å². The van der Waals surface area contributed by atoms with Crippen molar-refractivity contribution in [3.05, 3.63) is 129 Å². The molecule has 3 aromatic heterocycles. The summed E-state index contributed by atoms with van der Waals surface area (Å²) in [5.74, 6) is 1.12. The Balaban J connectivity index is 1.51. The summed E-state index contributed by atoms with van der Waals surface area (Å²) in [6, 6.07) is 21.9. The van der Waals surface area contributed by atoms with Gasteiger partial charge in [0.25, 0.3) is 0 Å². The number of hydrogen-bond acceptors (Lipinski definition) is 7. The predicted octanol–water partition coefficient (Wildman–Crippen LogP) is 5.34. The number of hydrogen-bond donors (Lipinski definition) is 0. The van der Waals surface area contributed by atoms with Crippen molar-refractivity contribution in [1.82, 2.24) is 0 Å². The van der Waals surface area contributed by atoms with E-state index < -0.39 is 16.9 Å². The van der Waals surface area contributed by atoms with Gasteiger partial charge in [-0.1, -0.05) is 18.2 Å². The fraction of sp³-hybridized carbons (Fsp3) is 0. The van der Waals surface area contributed by atoms with Crippen molar-refractivity contribution in [3.63, 3.8) is 0 Å². The van der Waals surface area contributed by atoms with E-state index in [2.05, 4.69) is 0 Å². The topological polar surface area (TPSA) is 99.9 Å². The number of ether oxygens (including phenoxy) is 1. The van der Waals surface area contributed by atoms with E-state index in [1.54, 1.807) is 36.4 Å². The number of rotatable bonds is 5. The monoisotopic (exact) mass is 452 g/mol. The van der Waals surface area contributed by atoms with Gasteiger partial charge in [-0.05, 0) is 53.6 Å². The molecule has 0 aliphatic carbocycles. The molecule has 0 aliphatic heterocycles. The Morgan fingerprint density at radius 2 is 0.941 bits per heavy atom. The van der Waals surface area contributed by atoms with Gasteiger partial charge < -0.3 is 18.0 Å². The lowest BCUT2D eigenvalue weighted by atomic mass is 10.0. The summed E-state index contributed by atoms with van der Waals surface area (Å²) in [6.07, 6.45) is 4.16. The van der Waals surface area contributed by atoms with Crippen LogP contribution in [0.2, 0.25) is 0 Å². The molecule has 5 aromatic rings. The van der Waals surface area contributed by atoms with E-state index in [0.717, 1.165) is 16.7 Å². The fourth-order valence-corrected chi connectivity index (χ4v) is 3.42. The molecular formula is C27H16O7. The van der Waals surface area contributed by atoms with Gasteiger partial charge in [-0.15, -0.1) is 0 Å². The molecule has 0 aliphatic rings. The van der Waals surface area contributed by atoms with E-state index in [-0.39, 0.29) is 0 Å². The van der Waals surface area contributed by atoms with Gasteiger partial charge in [-0.25, -0.2) is 14.4 Å². The first-order valence-electron chi connectivity index (χ1n) is 10.2. The molecule has 0 radical (unpaired) electrons. The molecular weight excluding hydrogens is 436 g/mol. The zero-order valence-corrected chi connectivity index (χ0v) is 17.6. The van der Waals surface area contributed by atoms with Crippen LogP contribution in [0.1, 0.15) is 0 Å². The molecule has 0 saturated carbocycles. The molecule has 0 spiro atoms. The smallest absolute Gasteiger partial charge is 0.335 e. The molecule has 0 N–H and O–H groups in total. The maximum Gasteiger partial charge on any atom is 0.335 e. The van der Waals surface area contributed by atoms with Gasteiger partial charge in [0, 0.05) is 40.5 Å². The van der Waals surface area contributed by atoms with Crippen molar-refractivity contribution in [2.24, 2.45) is 0 Å². The maximum atomic E-state index is 11.5. The molecule has 34 heavy (non-hydrogen) atoms. The summed E-state index contributed by atoms with van der Waals surface area (Å²) in [5, 5.41) is 0. The van der Waals surface area contributed by atoms with Crippen LogP contribution in [0, 0.1) is 0 Å². The van der Waals surface area contributed by atoms with Crippen molar-refractivity contribution < 1.29 is 18.0 Å². The lowest BCUT2D eigenvalue weighted by molar-refractivity contribution is 0.483. The van der Waals surface area contributed by atoms with Crippen LogP contribution in [0.15, 0.2) is 125 Å². The summed E-state index contributed by atoms with van der Waals surface area (Å²) in [6.45, 7) is 0. The van der Waals surface area contributed by atoms with E-state index in [0.29, 0.717) is 28.2 Å². The molecule has 166 valence electrons. The second-order valence-corrected chi connectivity index (χ2v) is 7.37. The molecule has 0 unspecified atom stereocenters. The summed E-state index contributed by atoms with van der Waals surface area (Å²) in [5.41, 5.74) is 3.16. The standard InChI is InChI=1S/C27H16O7/c28-25-10-4-19(14-31-25)17-1-7-22(8-2-17)34-24-9-3-18(20-5-11-26(29)32-15-20)13-23(24)21-6-12-27(30)33-16-21/h1-16H.